The summed E-state index contributed by atoms with van der Waals surface area (Å²) in [6, 6.07) is 5.31. The molecule has 1 saturated carbocycles. The summed E-state index contributed by atoms with van der Waals surface area (Å²) in [5, 5.41) is 0. The fourth-order valence-corrected chi connectivity index (χ4v) is 2.61. The molecule has 1 aliphatic carbocycles. The molecule has 0 heterocycles. The number of rotatable bonds is 7. The van der Waals surface area contributed by atoms with Gasteiger partial charge in [-0.2, -0.15) is 0 Å². The van der Waals surface area contributed by atoms with Crippen LogP contribution in [0.1, 0.15) is 36.5 Å². The molecular formula is C16H22O4. The summed E-state index contributed by atoms with van der Waals surface area (Å²) in [5.74, 6) is 1.84. The predicted molar refractivity (Wildman–Crippen MR) is 76.6 cm³/mol. The minimum absolute atomic E-state index is 0.129. The van der Waals surface area contributed by atoms with Crippen molar-refractivity contribution in [3.05, 3.63) is 23.8 Å². The summed E-state index contributed by atoms with van der Waals surface area (Å²) >= 11 is 0. The maximum absolute atomic E-state index is 12.3. The van der Waals surface area contributed by atoms with Crippen LogP contribution in [0.3, 0.4) is 0 Å². The molecule has 0 spiro atoms. The van der Waals surface area contributed by atoms with Crippen LogP contribution >= 0.6 is 0 Å². The lowest BCUT2D eigenvalue weighted by Gasteiger charge is -2.34. The highest BCUT2D eigenvalue weighted by Crippen LogP contribution is 2.35. The highest BCUT2D eigenvalue weighted by Gasteiger charge is 2.31. The molecule has 110 valence electrons. The van der Waals surface area contributed by atoms with E-state index >= 15 is 0 Å². The van der Waals surface area contributed by atoms with Crippen LogP contribution in [0, 0.1) is 5.92 Å². The van der Waals surface area contributed by atoms with Crippen molar-refractivity contribution in [3.63, 3.8) is 0 Å². The van der Waals surface area contributed by atoms with Gasteiger partial charge in [0.1, 0.15) is 11.5 Å². The summed E-state index contributed by atoms with van der Waals surface area (Å²) in [7, 11) is 3.17. The normalized spacial score (nSPS) is 21.1. The average Bonchev–Trinajstić information content (AvgIpc) is 2.44. The van der Waals surface area contributed by atoms with Gasteiger partial charge in [0.15, 0.2) is 5.78 Å². The van der Waals surface area contributed by atoms with Gasteiger partial charge in [-0.25, -0.2) is 0 Å². The lowest BCUT2D eigenvalue weighted by Crippen LogP contribution is -2.32. The fraction of sp³-hybridized carbons (Fsp3) is 0.562. The Labute approximate surface area is 120 Å². The third-order valence-electron chi connectivity index (χ3n) is 3.78. The zero-order chi connectivity index (χ0) is 14.5. The van der Waals surface area contributed by atoms with Gasteiger partial charge in [-0.05, 0) is 37.8 Å². The van der Waals surface area contributed by atoms with Crippen molar-refractivity contribution in [1.29, 1.82) is 0 Å². The Balaban J connectivity index is 1.96. The number of carbonyl (C=O) groups excluding carboxylic acids is 1. The predicted octanol–water partition coefficient (Wildman–Crippen LogP) is 3.09. The van der Waals surface area contributed by atoms with Crippen LogP contribution in [-0.4, -0.2) is 32.7 Å². The van der Waals surface area contributed by atoms with Crippen LogP contribution in [0.4, 0.5) is 0 Å². The summed E-state index contributed by atoms with van der Waals surface area (Å²) in [6.45, 7) is 2.75. The molecule has 1 fully saturated rings. The molecule has 0 bridgehead atoms. The smallest absolute Gasteiger partial charge is 0.166 e. The maximum atomic E-state index is 12.3. The topological polar surface area (TPSA) is 44.8 Å². The lowest BCUT2D eigenvalue weighted by atomic mass is 9.78. The molecule has 1 aromatic carbocycles. The van der Waals surface area contributed by atoms with Crippen molar-refractivity contribution in [2.45, 2.75) is 32.3 Å². The summed E-state index contributed by atoms with van der Waals surface area (Å²) in [5.41, 5.74) is 0.633. The third-order valence-corrected chi connectivity index (χ3v) is 3.78. The van der Waals surface area contributed by atoms with E-state index in [9.17, 15) is 4.79 Å². The Morgan fingerprint density at radius 2 is 2.00 bits per heavy atom. The lowest BCUT2D eigenvalue weighted by molar-refractivity contribution is -0.0246. The number of hydrogen-bond acceptors (Lipinski definition) is 4. The van der Waals surface area contributed by atoms with Crippen molar-refractivity contribution < 1.29 is 19.0 Å². The molecule has 4 heteroatoms. The second-order valence-electron chi connectivity index (χ2n) is 5.11. The molecule has 0 saturated heterocycles. The molecule has 2 rings (SSSR count). The van der Waals surface area contributed by atoms with E-state index < -0.39 is 0 Å². The number of hydrogen-bond donors (Lipinski definition) is 0. The highest BCUT2D eigenvalue weighted by molar-refractivity contribution is 5.99. The molecule has 0 aliphatic heterocycles. The van der Waals surface area contributed by atoms with Gasteiger partial charge in [-0.3, -0.25) is 4.79 Å². The number of carbonyl (C=O) groups is 1. The van der Waals surface area contributed by atoms with Crippen LogP contribution in [0.25, 0.3) is 0 Å². The second-order valence-corrected chi connectivity index (χ2v) is 5.11. The quantitative estimate of drug-likeness (QED) is 0.719. The van der Waals surface area contributed by atoms with Crippen molar-refractivity contribution in [1.82, 2.24) is 0 Å². The Morgan fingerprint density at radius 1 is 1.25 bits per heavy atom. The van der Waals surface area contributed by atoms with Gasteiger partial charge >= 0.3 is 0 Å². The van der Waals surface area contributed by atoms with E-state index in [1.54, 1.807) is 32.4 Å². The number of ether oxygens (including phenoxy) is 3. The largest absolute Gasteiger partial charge is 0.497 e. The van der Waals surface area contributed by atoms with Crippen molar-refractivity contribution >= 4 is 5.78 Å². The van der Waals surface area contributed by atoms with Gasteiger partial charge in [0, 0.05) is 19.1 Å². The van der Waals surface area contributed by atoms with Crippen molar-refractivity contribution in [2.75, 3.05) is 20.8 Å². The first-order valence-corrected chi connectivity index (χ1v) is 7.04. The van der Waals surface area contributed by atoms with E-state index in [0.717, 1.165) is 19.4 Å². The SMILES string of the molecule is CCOC1CC(CC(=O)c2ccc(OC)cc2OC)C1. The summed E-state index contributed by atoms with van der Waals surface area (Å²) < 4.78 is 15.9. The Morgan fingerprint density at radius 3 is 2.60 bits per heavy atom. The Kier molecular flexibility index (Phi) is 5.01. The van der Waals surface area contributed by atoms with Crippen LogP contribution in [0.15, 0.2) is 18.2 Å². The first kappa shape index (κ1) is 14.9. The molecule has 1 aliphatic rings. The number of benzene rings is 1. The van der Waals surface area contributed by atoms with E-state index in [-0.39, 0.29) is 5.78 Å². The molecule has 0 radical (unpaired) electrons. The minimum atomic E-state index is 0.129. The van der Waals surface area contributed by atoms with Crippen molar-refractivity contribution in [3.8, 4) is 11.5 Å². The molecule has 0 amide bonds. The van der Waals surface area contributed by atoms with E-state index in [1.807, 2.05) is 6.92 Å². The van der Waals surface area contributed by atoms with Gasteiger partial charge in [0.2, 0.25) is 0 Å². The summed E-state index contributed by atoms with van der Waals surface area (Å²) in [4.78, 5) is 12.3. The maximum Gasteiger partial charge on any atom is 0.166 e. The van der Waals surface area contributed by atoms with Crippen LogP contribution in [0.5, 0.6) is 11.5 Å². The van der Waals surface area contributed by atoms with Gasteiger partial charge < -0.3 is 14.2 Å². The van der Waals surface area contributed by atoms with Gasteiger partial charge in [-0.15, -0.1) is 0 Å². The highest BCUT2D eigenvalue weighted by atomic mass is 16.5. The molecule has 1 aromatic rings. The van der Waals surface area contributed by atoms with E-state index in [2.05, 4.69) is 0 Å². The molecular weight excluding hydrogens is 256 g/mol. The van der Waals surface area contributed by atoms with Crippen molar-refractivity contribution in [2.24, 2.45) is 5.92 Å². The second kappa shape index (κ2) is 6.75. The summed E-state index contributed by atoms with van der Waals surface area (Å²) in [6.07, 6.45) is 2.87. The van der Waals surface area contributed by atoms with Gasteiger partial charge in [-0.1, -0.05) is 0 Å². The van der Waals surface area contributed by atoms with Crippen LogP contribution < -0.4 is 9.47 Å². The molecule has 0 atom stereocenters. The monoisotopic (exact) mass is 278 g/mol. The number of methoxy groups -OCH3 is 2. The van der Waals surface area contributed by atoms with Crippen LogP contribution in [0.2, 0.25) is 0 Å². The molecule has 20 heavy (non-hydrogen) atoms. The molecule has 0 unspecified atom stereocenters. The Hall–Kier alpha value is -1.55. The first-order chi connectivity index (χ1) is 9.67. The molecule has 4 nitrogen and oxygen atoms in total. The standard InChI is InChI=1S/C16H22O4/c1-4-20-13-7-11(8-13)9-15(17)14-6-5-12(18-2)10-16(14)19-3/h5-6,10-11,13H,4,7-9H2,1-3H3. The minimum Gasteiger partial charge on any atom is -0.497 e. The van der Waals surface area contributed by atoms with Gasteiger partial charge in [0.25, 0.3) is 0 Å². The Bertz CT molecular complexity index is 464. The van der Waals surface area contributed by atoms with Gasteiger partial charge in [0.05, 0.1) is 25.9 Å². The number of ketones is 1. The zero-order valence-corrected chi connectivity index (χ0v) is 12.3. The average molecular weight is 278 g/mol. The van der Waals surface area contributed by atoms with E-state index in [0.29, 0.717) is 35.5 Å². The third kappa shape index (κ3) is 3.31. The van der Waals surface area contributed by atoms with Crippen LogP contribution in [-0.2, 0) is 4.74 Å². The molecule has 0 aromatic heterocycles. The van der Waals surface area contributed by atoms with E-state index in [1.165, 1.54) is 0 Å². The first-order valence-electron chi connectivity index (χ1n) is 7.04. The number of Topliss-reactive ketones (excluding diaryl/α,β-unsaturated/α-hetero) is 1. The van der Waals surface area contributed by atoms with E-state index in [4.69, 9.17) is 14.2 Å². The zero-order valence-electron chi connectivity index (χ0n) is 12.3. The fourth-order valence-electron chi connectivity index (χ4n) is 2.61. The molecule has 0 N–H and O–H groups in total.